The van der Waals surface area contributed by atoms with Crippen molar-refractivity contribution in [1.82, 2.24) is 10.6 Å². The van der Waals surface area contributed by atoms with Gasteiger partial charge in [-0.15, -0.1) is 0 Å². The maximum absolute atomic E-state index is 13.1. The number of halogens is 3. The molecule has 0 aliphatic carbocycles. The van der Waals surface area contributed by atoms with E-state index in [9.17, 15) is 22.8 Å². The van der Waals surface area contributed by atoms with Crippen LogP contribution < -0.4 is 15.4 Å². The SMILES string of the molecule is COc1ccc(C(=O)N/C(=C\c2ccc(-c3cccc(C(F)(F)F)c3)o2)C(=O)NC[C@H]2CCCO2)cc1. The molecule has 0 unspecified atom stereocenters. The molecular weight excluding hydrogens is 489 g/mol. The lowest BCUT2D eigenvalue weighted by molar-refractivity contribution is -0.137. The lowest BCUT2D eigenvalue weighted by Crippen LogP contribution is -2.38. The first-order chi connectivity index (χ1) is 17.7. The summed E-state index contributed by atoms with van der Waals surface area (Å²) in [6.45, 7) is 0.893. The van der Waals surface area contributed by atoms with E-state index in [0.717, 1.165) is 25.0 Å². The Bertz CT molecular complexity index is 1280. The summed E-state index contributed by atoms with van der Waals surface area (Å²) in [6.07, 6.45) is -1.56. The fourth-order valence-electron chi connectivity index (χ4n) is 3.78. The quantitative estimate of drug-likeness (QED) is 0.411. The molecule has 1 atom stereocenters. The van der Waals surface area contributed by atoms with E-state index in [-0.39, 0.29) is 35.4 Å². The Hall–Kier alpha value is -4.05. The van der Waals surface area contributed by atoms with Gasteiger partial charge in [-0.3, -0.25) is 9.59 Å². The predicted molar refractivity (Wildman–Crippen MR) is 130 cm³/mol. The average molecular weight is 515 g/mol. The summed E-state index contributed by atoms with van der Waals surface area (Å²) < 4.78 is 55.6. The maximum Gasteiger partial charge on any atom is 0.416 e. The molecule has 1 saturated heterocycles. The first kappa shape index (κ1) is 26.0. The molecule has 1 aliphatic rings. The zero-order valence-corrected chi connectivity index (χ0v) is 19.9. The molecule has 4 rings (SSSR count). The standard InChI is InChI=1S/C27H25F3N2O5/c1-35-20-9-7-17(8-10-20)25(33)32-23(26(34)31-16-22-6-3-13-36-22)15-21-11-12-24(37-21)18-4-2-5-19(14-18)27(28,29)30/h2,4-5,7-12,14-15,22H,3,6,13,16H2,1H3,(H,31,34)(H,32,33)/b23-15-/t22-/m1/s1. The van der Waals surface area contributed by atoms with Crippen molar-refractivity contribution in [2.45, 2.75) is 25.1 Å². The highest BCUT2D eigenvalue weighted by molar-refractivity contribution is 6.05. The molecule has 1 aliphatic heterocycles. The summed E-state index contributed by atoms with van der Waals surface area (Å²) in [5.74, 6) is -0.179. The van der Waals surface area contributed by atoms with Gasteiger partial charge in [0.05, 0.1) is 18.8 Å². The van der Waals surface area contributed by atoms with Crippen molar-refractivity contribution >= 4 is 17.9 Å². The molecule has 37 heavy (non-hydrogen) atoms. The third kappa shape index (κ3) is 6.79. The van der Waals surface area contributed by atoms with E-state index in [1.54, 1.807) is 24.3 Å². The van der Waals surface area contributed by atoms with E-state index < -0.39 is 23.6 Å². The monoisotopic (exact) mass is 514 g/mol. The molecule has 1 aromatic heterocycles. The van der Waals surface area contributed by atoms with Crippen LogP contribution in [0.4, 0.5) is 13.2 Å². The van der Waals surface area contributed by atoms with Gasteiger partial charge in [-0.25, -0.2) is 0 Å². The van der Waals surface area contributed by atoms with Crippen molar-refractivity contribution < 1.29 is 36.7 Å². The van der Waals surface area contributed by atoms with Crippen LogP contribution in [0.3, 0.4) is 0 Å². The van der Waals surface area contributed by atoms with E-state index >= 15 is 0 Å². The molecule has 0 spiro atoms. The van der Waals surface area contributed by atoms with Gasteiger partial charge in [0.1, 0.15) is 23.0 Å². The minimum absolute atomic E-state index is 0.0937. The van der Waals surface area contributed by atoms with Gasteiger partial charge in [-0.2, -0.15) is 13.2 Å². The molecule has 10 heteroatoms. The van der Waals surface area contributed by atoms with Crippen LogP contribution in [0.1, 0.15) is 34.5 Å². The molecule has 194 valence electrons. The molecule has 2 amide bonds. The molecule has 2 heterocycles. The van der Waals surface area contributed by atoms with Crippen LogP contribution in [-0.2, 0) is 15.7 Å². The van der Waals surface area contributed by atoms with E-state index in [0.29, 0.717) is 17.9 Å². The van der Waals surface area contributed by atoms with Crippen molar-refractivity contribution in [2.75, 3.05) is 20.3 Å². The van der Waals surface area contributed by atoms with E-state index in [4.69, 9.17) is 13.9 Å². The Morgan fingerprint density at radius 3 is 2.57 bits per heavy atom. The summed E-state index contributed by atoms with van der Waals surface area (Å²) in [5, 5.41) is 5.34. The second kappa shape index (κ2) is 11.3. The second-order valence-corrected chi connectivity index (χ2v) is 8.37. The highest BCUT2D eigenvalue weighted by Gasteiger charge is 2.30. The Kier molecular flexibility index (Phi) is 7.98. The number of rotatable bonds is 8. The molecule has 0 saturated carbocycles. The maximum atomic E-state index is 13.1. The summed E-state index contributed by atoms with van der Waals surface area (Å²) >= 11 is 0. The van der Waals surface area contributed by atoms with Crippen molar-refractivity contribution in [3.05, 3.63) is 83.2 Å². The van der Waals surface area contributed by atoms with E-state index in [1.807, 2.05) is 0 Å². The largest absolute Gasteiger partial charge is 0.497 e. The fourth-order valence-corrected chi connectivity index (χ4v) is 3.78. The van der Waals surface area contributed by atoms with E-state index in [1.165, 1.54) is 37.5 Å². The lowest BCUT2D eigenvalue weighted by atomic mass is 10.1. The third-order valence-corrected chi connectivity index (χ3v) is 5.75. The number of carbonyl (C=O) groups excluding carboxylic acids is 2. The van der Waals surface area contributed by atoms with Crippen molar-refractivity contribution in [3.8, 4) is 17.1 Å². The Morgan fingerprint density at radius 1 is 1.11 bits per heavy atom. The molecule has 0 bridgehead atoms. The number of nitrogens with one attached hydrogen (secondary N) is 2. The fraction of sp³-hybridized carbons (Fsp3) is 0.259. The number of hydrogen-bond donors (Lipinski definition) is 2. The molecule has 2 aromatic carbocycles. The molecule has 1 fully saturated rings. The highest BCUT2D eigenvalue weighted by atomic mass is 19.4. The highest BCUT2D eigenvalue weighted by Crippen LogP contribution is 2.33. The van der Waals surface area contributed by atoms with E-state index in [2.05, 4.69) is 10.6 Å². The predicted octanol–water partition coefficient (Wildman–Crippen LogP) is 5.04. The summed E-state index contributed by atoms with van der Waals surface area (Å²) in [5.41, 5.74) is -0.382. The Labute approximate surface area is 211 Å². The molecule has 0 radical (unpaired) electrons. The normalized spacial score (nSPS) is 15.9. The summed E-state index contributed by atoms with van der Waals surface area (Å²) in [7, 11) is 1.51. The van der Waals surface area contributed by atoms with Crippen LogP contribution in [0, 0.1) is 0 Å². The van der Waals surface area contributed by atoms with Crippen LogP contribution in [-0.4, -0.2) is 38.2 Å². The van der Waals surface area contributed by atoms with Crippen LogP contribution in [0.2, 0.25) is 0 Å². The number of carbonyl (C=O) groups is 2. The minimum atomic E-state index is -4.49. The first-order valence-electron chi connectivity index (χ1n) is 11.6. The van der Waals surface area contributed by atoms with Crippen LogP contribution in [0.5, 0.6) is 5.75 Å². The van der Waals surface area contributed by atoms with Gasteiger partial charge in [0.25, 0.3) is 11.8 Å². The smallest absolute Gasteiger partial charge is 0.416 e. The van der Waals surface area contributed by atoms with Gasteiger partial charge in [-0.1, -0.05) is 12.1 Å². The molecule has 2 N–H and O–H groups in total. The van der Waals surface area contributed by atoms with Gasteiger partial charge in [-0.05, 0) is 61.4 Å². The number of amides is 2. The number of alkyl halides is 3. The van der Waals surface area contributed by atoms with Crippen LogP contribution >= 0.6 is 0 Å². The Balaban J connectivity index is 1.57. The topological polar surface area (TPSA) is 89.8 Å². The van der Waals surface area contributed by atoms with Crippen molar-refractivity contribution in [2.24, 2.45) is 0 Å². The minimum Gasteiger partial charge on any atom is -0.497 e. The summed E-state index contributed by atoms with van der Waals surface area (Å²) in [6, 6.07) is 14.1. The van der Waals surface area contributed by atoms with Gasteiger partial charge < -0.3 is 24.5 Å². The van der Waals surface area contributed by atoms with Crippen molar-refractivity contribution in [1.29, 1.82) is 0 Å². The third-order valence-electron chi connectivity index (χ3n) is 5.75. The molecular formula is C27H25F3N2O5. The lowest BCUT2D eigenvalue weighted by Gasteiger charge is -2.13. The van der Waals surface area contributed by atoms with Gasteiger partial charge >= 0.3 is 6.18 Å². The number of furan rings is 1. The average Bonchev–Trinajstić information content (AvgIpc) is 3.59. The van der Waals surface area contributed by atoms with Gasteiger partial charge in [0, 0.05) is 30.4 Å². The zero-order chi connectivity index (χ0) is 26.4. The number of ether oxygens (including phenoxy) is 2. The van der Waals surface area contributed by atoms with Gasteiger partial charge in [0.15, 0.2) is 0 Å². The number of benzene rings is 2. The van der Waals surface area contributed by atoms with Gasteiger partial charge in [0.2, 0.25) is 0 Å². The van der Waals surface area contributed by atoms with Crippen LogP contribution in [0.25, 0.3) is 17.4 Å². The first-order valence-corrected chi connectivity index (χ1v) is 11.6. The number of methoxy groups -OCH3 is 1. The molecule has 7 nitrogen and oxygen atoms in total. The second-order valence-electron chi connectivity index (χ2n) is 8.37. The van der Waals surface area contributed by atoms with Crippen LogP contribution in [0.15, 0.2) is 70.8 Å². The zero-order valence-electron chi connectivity index (χ0n) is 19.9. The number of hydrogen-bond acceptors (Lipinski definition) is 5. The Morgan fingerprint density at radius 2 is 1.89 bits per heavy atom. The van der Waals surface area contributed by atoms with Crippen molar-refractivity contribution in [3.63, 3.8) is 0 Å². The summed E-state index contributed by atoms with van der Waals surface area (Å²) in [4.78, 5) is 25.8. The molecule has 3 aromatic rings.